The molecule has 0 saturated heterocycles. The SMILES string of the molecule is CCCCOCCOCCNC(=NCCC(F)(F)F)NCC.I. The van der Waals surface area contributed by atoms with Crippen LogP contribution < -0.4 is 10.6 Å². The molecule has 0 bridgehead atoms. The van der Waals surface area contributed by atoms with Crippen LogP contribution >= 0.6 is 24.0 Å². The fraction of sp³-hybridized carbons (Fsp3) is 0.929. The number of nitrogens with zero attached hydrogens (tertiary/aromatic N) is 1. The largest absolute Gasteiger partial charge is 0.390 e. The Kier molecular flexibility index (Phi) is 18.0. The van der Waals surface area contributed by atoms with Gasteiger partial charge in [0.15, 0.2) is 5.96 Å². The highest BCUT2D eigenvalue weighted by Gasteiger charge is 2.26. The molecule has 0 aliphatic heterocycles. The molecule has 0 aromatic heterocycles. The van der Waals surface area contributed by atoms with Gasteiger partial charge in [-0.3, -0.25) is 4.99 Å². The fourth-order valence-electron chi connectivity index (χ4n) is 1.45. The van der Waals surface area contributed by atoms with E-state index in [4.69, 9.17) is 9.47 Å². The van der Waals surface area contributed by atoms with E-state index in [0.717, 1.165) is 19.4 Å². The third-order valence-electron chi connectivity index (χ3n) is 2.56. The van der Waals surface area contributed by atoms with Crippen LogP contribution in [0.5, 0.6) is 0 Å². The molecule has 140 valence electrons. The van der Waals surface area contributed by atoms with Crippen LogP contribution in [0.15, 0.2) is 4.99 Å². The number of halogens is 4. The maximum absolute atomic E-state index is 12.1. The first-order chi connectivity index (χ1) is 10.5. The molecule has 0 aliphatic carbocycles. The highest BCUT2D eigenvalue weighted by molar-refractivity contribution is 14.0. The van der Waals surface area contributed by atoms with Crippen LogP contribution in [0.2, 0.25) is 0 Å². The fourth-order valence-corrected chi connectivity index (χ4v) is 1.45. The van der Waals surface area contributed by atoms with Gasteiger partial charge in [0, 0.05) is 19.7 Å². The molecule has 23 heavy (non-hydrogen) atoms. The maximum atomic E-state index is 12.1. The number of hydrogen-bond donors (Lipinski definition) is 2. The molecule has 0 amide bonds. The Balaban J connectivity index is 0. The van der Waals surface area contributed by atoms with E-state index >= 15 is 0 Å². The van der Waals surface area contributed by atoms with Crippen molar-refractivity contribution in [3.63, 3.8) is 0 Å². The van der Waals surface area contributed by atoms with Crippen LogP contribution in [0.4, 0.5) is 13.2 Å². The summed E-state index contributed by atoms with van der Waals surface area (Å²) in [6, 6.07) is 0. The van der Waals surface area contributed by atoms with Gasteiger partial charge in [-0.25, -0.2) is 0 Å². The summed E-state index contributed by atoms with van der Waals surface area (Å²) in [5.41, 5.74) is 0. The second-order valence-electron chi connectivity index (χ2n) is 4.63. The zero-order valence-electron chi connectivity index (χ0n) is 13.9. The summed E-state index contributed by atoms with van der Waals surface area (Å²) in [6.45, 7) is 6.98. The summed E-state index contributed by atoms with van der Waals surface area (Å²) in [4.78, 5) is 3.86. The number of hydrogen-bond acceptors (Lipinski definition) is 3. The lowest BCUT2D eigenvalue weighted by molar-refractivity contribution is -0.132. The summed E-state index contributed by atoms with van der Waals surface area (Å²) in [7, 11) is 0. The van der Waals surface area contributed by atoms with Gasteiger partial charge >= 0.3 is 6.18 Å². The van der Waals surface area contributed by atoms with E-state index in [1.807, 2.05) is 6.92 Å². The molecule has 0 aromatic carbocycles. The van der Waals surface area contributed by atoms with Crippen molar-refractivity contribution in [2.24, 2.45) is 4.99 Å². The smallest absolute Gasteiger partial charge is 0.379 e. The van der Waals surface area contributed by atoms with E-state index in [1.54, 1.807) is 0 Å². The molecular formula is C14H29F3IN3O2. The second kappa shape index (κ2) is 16.6. The molecule has 0 saturated carbocycles. The quantitative estimate of drug-likeness (QED) is 0.206. The Morgan fingerprint density at radius 1 is 1.00 bits per heavy atom. The van der Waals surface area contributed by atoms with E-state index in [2.05, 4.69) is 22.5 Å². The molecule has 0 atom stereocenters. The lowest BCUT2D eigenvalue weighted by Gasteiger charge is -2.12. The molecule has 0 spiro atoms. The highest BCUT2D eigenvalue weighted by atomic mass is 127. The Labute approximate surface area is 153 Å². The number of alkyl halides is 3. The molecule has 0 fully saturated rings. The monoisotopic (exact) mass is 455 g/mol. The lowest BCUT2D eigenvalue weighted by Crippen LogP contribution is -2.39. The minimum absolute atomic E-state index is 0. The van der Waals surface area contributed by atoms with Gasteiger partial charge in [-0.2, -0.15) is 13.2 Å². The van der Waals surface area contributed by atoms with Gasteiger partial charge < -0.3 is 20.1 Å². The molecular weight excluding hydrogens is 426 g/mol. The molecule has 2 N–H and O–H groups in total. The van der Waals surface area contributed by atoms with Crippen LogP contribution in [0.25, 0.3) is 0 Å². The number of aliphatic imine (C=N–C) groups is 1. The average Bonchev–Trinajstić information content (AvgIpc) is 2.44. The molecule has 0 unspecified atom stereocenters. The van der Waals surface area contributed by atoms with Gasteiger partial charge in [-0.1, -0.05) is 13.3 Å². The Hall–Kier alpha value is -0.290. The van der Waals surface area contributed by atoms with Crippen LogP contribution in [0, 0.1) is 0 Å². The highest BCUT2D eigenvalue weighted by Crippen LogP contribution is 2.18. The summed E-state index contributed by atoms with van der Waals surface area (Å²) in [6.07, 6.45) is -2.95. The molecule has 0 aromatic rings. The molecule has 0 radical (unpaired) electrons. The Morgan fingerprint density at radius 2 is 1.65 bits per heavy atom. The third-order valence-corrected chi connectivity index (χ3v) is 2.56. The molecule has 9 heteroatoms. The van der Waals surface area contributed by atoms with Gasteiger partial charge in [0.25, 0.3) is 0 Å². The topological polar surface area (TPSA) is 54.9 Å². The van der Waals surface area contributed by atoms with Gasteiger partial charge in [-0.15, -0.1) is 24.0 Å². The second-order valence-corrected chi connectivity index (χ2v) is 4.63. The van der Waals surface area contributed by atoms with E-state index < -0.39 is 12.6 Å². The summed E-state index contributed by atoms with van der Waals surface area (Å²) in [5.74, 6) is 0.370. The Morgan fingerprint density at radius 3 is 2.22 bits per heavy atom. The number of ether oxygens (including phenoxy) is 2. The first kappa shape index (κ1) is 25.0. The van der Waals surface area contributed by atoms with Crippen LogP contribution in [0.3, 0.4) is 0 Å². The van der Waals surface area contributed by atoms with Crippen molar-refractivity contribution in [2.75, 3.05) is 46.1 Å². The average molecular weight is 455 g/mol. The number of rotatable bonds is 12. The first-order valence-electron chi connectivity index (χ1n) is 7.74. The minimum atomic E-state index is -4.18. The van der Waals surface area contributed by atoms with Crippen LogP contribution in [0.1, 0.15) is 33.1 Å². The van der Waals surface area contributed by atoms with Gasteiger partial charge in [0.1, 0.15) is 0 Å². The van der Waals surface area contributed by atoms with Crippen molar-refractivity contribution >= 4 is 29.9 Å². The van der Waals surface area contributed by atoms with Gasteiger partial charge in [0.2, 0.25) is 0 Å². The maximum Gasteiger partial charge on any atom is 0.390 e. The van der Waals surface area contributed by atoms with Crippen LogP contribution in [-0.2, 0) is 9.47 Å². The predicted octanol–water partition coefficient (Wildman–Crippen LogP) is 2.95. The van der Waals surface area contributed by atoms with E-state index in [1.165, 1.54) is 0 Å². The van der Waals surface area contributed by atoms with E-state index in [0.29, 0.717) is 38.9 Å². The summed E-state index contributed by atoms with van der Waals surface area (Å²) < 4.78 is 46.8. The van der Waals surface area contributed by atoms with Crippen molar-refractivity contribution in [3.05, 3.63) is 0 Å². The molecule has 0 heterocycles. The number of guanidine groups is 1. The van der Waals surface area contributed by atoms with E-state index in [9.17, 15) is 13.2 Å². The number of unbranched alkanes of at least 4 members (excludes halogenated alkanes) is 1. The van der Waals surface area contributed by atoms with Crippen molar-refractivity contribution < 1.29 is 22.6 Å². The van der Waals surface area contributed by atoms with Gasteiger partial charge in [0.05, 0.1) is 32.8 Å². The number of nitrogens with one attached hydrogen (secondary N) is 2. The molecule has 5 nitrogen and oxygen atoms in total. The van der Waals surface area contributed by atoms with Crippen molar-refractivity contribution in [1.82, 2.24) is 10.6 Å². The zero-order valence-corrected chi connectivity index (χ0v) is 16.2. The third kappa shape index (κ3) is 19.7. The van der Waals surface area contributed by atoms with Crippen molar-refractivity contribution in [1.29, 1.82) is 0 Å². The van der Waals surface area contributed by atoms with Crippen molar-refractivity contribution in [3.8, 4) is 0 Å². The van der Waals surface area contributed by atoms with Crippen molar-refractivity contribution in [2.45, 2.75) is 39.3 Å². The predicted molar refractivity (Wildman–Crippen MR) is 96.6 cm³/mol. The molecule has 0 aliphatic rings. The first-order valence-corrected chi connectivity index (χ1v) is 7.74. The summed E-state index contributed by atoms with van der Waals surface area (Å²) in [5, 5.41) is 5.81. The molecule has 0 rings (SSSR count). The van der Waals surface area contributed by atoms with Crippen LogP contribution in [-0.4, -0.2) is 58.2 Å². The minimum Gasteiger partial charge on any atom is -0.379 e. The van der Waals surface area contributed by atoms with Gasteiger partial charge in [-0.05, 0) is 13.3 Å². The standard InChI is InChI=1S/C14H28F3N3O2.HI/c1-3-5-9-21-11-12-22-10-8-20-13(18-4-2)19-7-6-14(15,16)17;/h3-12H2,1-2H3,(H2,18,19,20);1H. The normalized spacial score (nSPS) is 12.0. The lowest BCUT2D eigenvalue weighted by atomic mass is 10.4. The summed E-state index contributed by atoms with van der Waals surface area (Å²) >= 11 is 0. The Bertz CT molecular complexity index is 293. The zero-order chi connectivity index (χ0) is 16.7. The van der Waals surface area contributed by atoms with E-state index in [-0.39, 0.29) is 30.5 Å².